The summed E-state index contributed by atoms with van der Waals surface area (Å²) < 4.78 is 35.5. The van der Waals surface area contributed by atoms with Crippen LogP contribution in [0.2, 0.25) is 0 Å². The number of alkyl halides is 2. The maximum atomic E-state index is 13.3. The number of thioether (sulfide) groups is 1. The van der Waals surface area contributed by atoms with Crippen LogP contribution in [0.3, 0.4) is 0 Å². The lowest BCUT2D eigenvalue weighted by Crippen LogP contribution is -2.18. The molecule has 0 aliphatic carbocycles. The molecule has 2 amide bonds. The van der Waals surface area contributed by atoms with Gasteiger partial charge in [-0.3, -0.25) is 14.9 Å². The van der Waals surface area contributed by atoms with Gasteiger partial charge in [0.05, 0.1) is 4.91 Å². The normalized spacial score (nSPS) is 21.8. The molecular formula is C14H9F2NO4S. The molecule has 2 aliphatic rings. The number of nitrogens with one attached hydrogen (secondary N) is 1. The number of benzene rings is 1. The molecule has 0 saturated carbocycles. The van der Waals surface area contributed by atoms with Crippen molar-refractivity contribution in [1.29, 1.82) is 0 Å². The van der Waals surface area contributed by atoms with Gasteiger partial charge in [-0.1, -0.05) is 30.3 Å². The first-order chi connectivity index (χ1) is 10.4. The third-order valence-corrected chi connectivity index (χ3v) is 3.67. The summed E-state index contributed by atoms with van der Waals surface area (Å²) in [7, 11) is 0. The molecule has 8 heteroatoms. The number of rotatable bonds is 3. The van der Waals surface area contributed by atoms with Gasteiger partial charge in [0.25, 0.3) is 11.1 Å². The molecule has 114 valence electrons. The number of carbonyl (C=O) groups is 2. The lowest BCUT2D eigenvalue weighted by atomic mass is 10.1. The summed E-state index contributed by atoms with van der Waals surface area (Å²) >= 11 is 0.616. The molecule has 1 aromatic carbocycles. The second-order valence-electron chi connectivity index (χ2n) is 4.47. The molecule has 5 nitrogen and oxygen atoms in total. The third kappa shape index (κ3) is 3.11. The summed E-state index contributed by atoms with van der Waals surface area (Å²) in [6, 6.07) is 8.82. The van der Waals surface area contributed by atoms with Crippen LogP contribution in [0.5, 0.6) is 0 Å². The first-order valence-corrected chi connectivity index (χ1v) is 7.02. The van der Waals surface area contributed by atoms with Crippen molar-refractivity contribution < 1.29 is 27.8 Å². The van der Waals surface area contributed by atoms with E-state index in [4.69, 9.17) is 0 Å². The summed E-state index contributed by atoms with van der Waals surface area (Å²) in [5.41, 5.74) is 0.745. The van der Waals surface area contributed by atoms with Crippen LogP contribution in [-0.4, -0.2) is 17.4 Å². The zero-order valence-corrected chi connectivity index (χ0v) is 11.8. The van der Waals surface area contributed by atoms with Gasteiger partial charge in [-0.2, -0.15) is 0 Å². The Bertz CT molecular complexity index is 700. The van der Waals surface area contributed by atoms with Crippen molar-refractivity contribution in [2.45, 2.75) is 12.7 Å². The van der Waals surface area contributed by atoms with E-state index in [0.717, 1.165) is 11.6 Å². The van der Waals surface area contributed by atoms with Gasteiger partial charge in [-0.25, -0.2) is 0 Å². The zero-order chi connectivity index (χ0) is 15.7. The Morgan fingerprint density at radius 1 is 1.18 bits per heavy atom. The van der Waals surface area contributed by atoms with Crippen LogP contribution in [0.1, 0.15) is 5.56 Å². The summed E-state index contributed by atoms with van der Waals surface area (Å²) in [4.78, 5) is 22.5. The molecule has 2 aliphatic heterocycles. The molecule has 0 spiro atoms. The Morgan fingerprint density at radius 3 is 2.55 bits per heavy atom. The fraction of sp³-hybridized carbons (Fsp3) is 0.143. The van der Waals surface area contributed by atoms with Gasteiger partial charge in [0.2, 0.25) is 0 Å². The summed E-state index contributed by atoms with van der Waals surface area (Å²) in [6.45, 7) is 0. The Kier molecular flexibility index (Phi) is 3.61. The summed E-state index contributed by atoms with van der Waals surface area (Å²) in [5.74, 6) is -1.02. The van der Waals surface area contributed by atoms with Crippen LogP contribution in [0.15, 0.2) is 52.8 Å². The van der Waals surface area contributed by atoms with Crippen LogP contribution >= 0.6 is 11.8 Å². The zero-order valence-electron chi connectivity index (χ0n) is 11.0. The predicted molar refractivity (Wildman–Crippen MR) is 73.5 cm³/mol. The lowest BCUT2D eigenvalue weighted by Gasteiger charge is -2.07. The van der Waals surface area contributed by atoms with E-state index in [9.17, 15) is 18.4 Å². The molecule has 2 heterocycles. The number of ether oxygens (including phenoxy) is 2. The van der Waals surface area contributed by atoms with Crippen molar-refractivity contribution in [2.24, 2.45) is 0 Å². The molecular weight excluding hydrogens is 316 g/mol. The van der Waals surface area contributed by atoms with E-state index < -0.39 is 17.4 Å². The maximum Gasteiger partial charge on any atom is 0.585 e. The van der Waals surface area contributed by atoms with E-state index in [1.807, 2.05) is 5.32 Å². The minimum Gasteiger partial charge on any atom is -0.399 e. The predicted octanol–water partition coefficient (Wildman–Crippen LogP) is 2.90. The molecule has 0 radical (unpaired) electrons. The Hall–Kier alpha value is -2.35. The Morgan fingerprint density at radius 2 is 1.91 bits per heavy atom. The van der Waals surface area contributed by atoms with Gasteiger partial charge in [0.15, 0.2) is 11.5 Å². The fourth-order valence-electron chi connectivity index (χ4n) is 1.95. The molecule has 0 bridgehead atoms. The first-order valence-electron chi connectivity index (χ1n) is 6.21. The molecule has 22 heavy (non-hydrogen) atoms. The fourth-order valence-corrected chi connectivity index (χ4v) is 2.61. The highest BCUT2D eigenvalue weighted by Crippen LogP contribution is 2.37. The molecule has 0 aromatic heterocycles. The van der Waals surface area contributed by atoms with Gasteiger partial charge in [0, 0.05) is 12.5 Å². The Labute approximate surface area is 128 Å². The average molecular weight is 325 g/mol. The minimum absolute atomic E-state index is 0.0214. The van der Waals surface area contributed by atoms with Gasteiger partial charge >= 0.3 is 6.29 Å². The standard InChI is InChI=1S/C14H9F2NO4S/c15-14(16)20-9(6-8-4-2-1-3-5-8)10(21-14)7-11-12(18)17-13(19)22-11/h1-5,7H,6H2,(H,17,18,19). The van der Waals surface area contributed by atoms with Crippen molar-refractivity contribution in [3.63, 3.8) is 0 Å². The van der Waals surface area contributed by atoms with Crippen molar-refractivity contribution in [1.82, 2.24) is 5.32 Å². The van der Waals surface area contributed by atoms with Crippen LogP contribution < -0.4 is 5.32 Å². The highest BCUT2D eigenvalue weighted by atomic mass is 32.2. The number of carbonyl (C=O) groups excluding carboxylic acids is 2. The SMILES string of the molecule is O=C1NC(=O)C(=CC2=C(Cc3ccccc3)OC(F)(F)O2)S1. The molecule has 0 unspecified atom stereocenters. The smallest absolute Gasteiger partial charge is 0.399 e. The lowest BCUT2D eigenvalue weighted by molar-refractivity contribution is -0.336. The largest absolute Gasteiger partial charge is 0.585 e. The van der Waals surface area contributed by atoms with Crippen molar-refractivity contribution >= 4 is 22.9 Å². The van der Waals surface area contributed by atoms with Gasteiger partial charge in [-0.15, -0.1) is 8.78 Å². The highest BCUT2D eigenvalue weighted by Gasteiger charge is 2.44. The molecule has 1 saturated heterocycles. The van der Waals surface area contributed by atoms with Gasteiger partial charge in [-0.05, 0) is 17.3 Å². The van der Waals surface area contributed by atoms with E-state index in [-0.39, 0.29) is 22.8 Å². The highest BCUT2D eigenvalue weighted by molar-refractivity contribution is 8.18. The number of hydrogen-bond donors (Lipinski definition) is 1. The number of hydrogen-bond acceptors (Lipinski definition) is 5. The molecule has 3 rings (SSSR count). The topological polar surface area (TPSA) is 64.6 Å². The quantitative estimate of drug-likeness (QED) is 0.866. The number of halogens is 2. The minimum atomic E-state index is -3.79. The van der Waals surface area contributed by atoms with Crippen LogP contribution in [0, 0.1) is 0 Å². The van der Waals surface area contributed by atoms with E-state index in [1.54, 1.807) is 30.3 Å². The van der Waals surface area contributed by atoms with Crippen molar-refractivity contribution in [2.75, 3.05) is 0 Å². The van der Waals surface area contributed by atoms with Crippen LogP contribution in [0.25, 0.3) is 0 Å². The molecule has 1 aromatic rings. The Balaban J connectivity index is 1.90. The van der Waals surface area contributed by atoms with Gasteiger partial charge < -0.3 is 9.47 Å². The monoisotopic (exact) mass is 325 g/mol. The molecule has 1 fully saturated rings. The average Bonchev–Trinajstić information content (AvgIpc) is 2.90. The van der Waals surface area contributed by atoms with Crippen LogP contribution in [0.4, 0.5) is 13.6 Å². The van der Waals surface area contributed by atoms with E-state index in [1.165, 1.54) is 0 Å². The van der Waals surface area contributed by atoms with E-state index >= 15 is 0 Å². The van der Waals surface area contributed by atoms with Crippen molar-refractivity contribution in [3.8, 4) is 0 Å². The maximum absolute atomic E-state index is 13.3. The number of amides is 2. The van der Waals surface area contributed by atoms with Gasteiger partial charge in [0.1, 0.15) is 0 Å². The van der Waals surface area contributed by atoms with Crippen LogP contribution in [-0.2, 0) is 20.7 Å². The molecule has 0 atom stereocenters. The first kappa shape index (κ1) is 14.6. The summed E-state index contributed by atoms with van der Waals surface area (Å²) in [5, 5.41) is 1.47. The number of imide groups is 1. The second-order valence-corrected chi connectivity index (χ2v) is 5.48. The van der Waals surface area contributed by atoms with Crippen molar-refractivity contribution in [3.05, 3.63) is 58.4 Å². The third-order valence-electron chi connectivity index (χ3n) is 2.86. The summed E-state index contributed by atoms with van der Waals surface area (Å²) in [6.07, 6.45) is -2.62. The van der Waals surface area contributed by atoms with E-state index in [0.29, 0.717) is 11.8 Å². The number of allylic oxidation sites excluding steroid dienone is 2. The van der Waals surface area contributed by atoms with E-state index in [2.05, 4.69) is 9.47 Å². The molecule has 1 N–H and O–H groups in total. The second kappa shape index (κ2) is 5.45.